The highest BCUT2D eigenvalue weighted by atomic mass is 16.5. The number of hydrogen-bond acceptors (Lipinski definition) is 7. The van der Waals surface area contributed by atoms with Crippen LogP contribution in [-0.4, -0.2) is 43.9 Å². The summed E-state index contributed by atoms with van der Waals surface area (Å²) >= 11 is 0. The van der Waals surface area contributed by atoms with E-state index < -0.39 is 0 Å². The van der Waals surface area contributed by atoms with Crippen molar-refractivity contribution in [3.05, 3.63) is 24.2 Å². The topological polar surface area (TPSA) is 102 Å². The van der Waals surface area contributed by atoms with E-state index in [9.17, 15) is 4.79 Å². The van der Waals surface area contributed by atoms with Crippen LogP contribution in [0, 0.1) is 0 Å². The van der Waals surface area contributed by atoms with Crippen molar-refractivity contribution in [2.24, 2.45) is 0 Å². The predicted molar refractivity (Wildman–Crippen MR) is 73.7 cm³/mol. The van der Waals surface area contributed by atoms with Gasteiger partial charge in [0.1, 0.15) is 6.10 Å². The maximum Gasteiger partial charge on any atom is 0.230 e. The van der Waals surface area contributed by atoms with Crippen molar-refractivity contribution in [3.8, 4) is 5.88 Å². The Morgan fingerprint density at radius 2 is 2.33 bits per heavy atom. The summed E-state index contributed by atoms with van der Waals surface area (Å²) in [6.07, 6.45) is 7.57. The van der Waals surface area contributed by atoms with E-state index >= 15 is 0 Å². The molecule has 1 fully saturated rings. The monoisotopic (exact) mass is 289 g/mol. The zero-order chi connectivity index (χ0) is 14.7. The number of carbonyl (C=O) groups is 1. The van der Waals surface area contributed by atoms with Crippen molar-refractivity contribution in [2.45, 2.75) is 25.5 Å². The zero-order valence-corrected chi connectivity index (χ0v) is 11.3. The number of aliphatic hydroxyl groups excluding tert-OH is 1. The number of carbonyl (C=O) groups excluding carboxylic acids is 1. The number of aliphatic hydroxyl groups is 1. The number of nitrogens with one attached hydrogen (secondary N) is 1. The van der Waals surface area contributed by atoms with Gasteiger partial charge in [0.05, 0.1) is 30.6 Å². The first-order chi connectivity index (χ1) is 10.3. The molecule has 0 aliphatic heterocycles. The van der Waals surface area contributed by atoms with E-state index in [4.69, 9.17) is 9.84 Å². The minimum absolute atomic E-state index is 0.0189. The Morgan fingerprint density at radius 3 is 3.05 bits per heavy atom. The lowest BCUT2D eigenvalue weighted by molar-refractivity contribution is 0.111. The van der Waals surface area contributed by atoms with Gasteiger partial charge in [-0.3, -0.25) is 9.48 Å². The molecule has 0 amide bonds. The maximum absolute atomic E-state index is 11.0. The number of hydrogen-bond donors (Lipinski definition) is 2. The van der Waals surface area contributed by atoms with Crippen LogP contribution in [0.15, 0.2) is 18.6 Å². The average Bonchev–Trinajstić information content (AvgIpc) is 3.19. The highest BCUT2D eigenvalue weighted by Crippen LogP contribution is 2.27. The van der Waals surface area contributed by atoms with Gasteiger partial charge < -0.3 is 15.2 Å². The minimum atomic E-state index is 0.0189. The zero-order valence-electron chi connectivity index (χ0n) is 11.3. The van der Waals surface area contributed by atoms with Gasteiger partial charge >= 0.3 is 0 Å². The van der Waals surface area contributed by atoms with Crippen LogP contribution in [0.3, 0.4) is 0 Å². The molecule has 2 N–H and O–H groups in total. The summed E-state index contributed by atoms with van der Waals surface area (Å²) in [5, 5.41) is 15.9. The van der Waals surface area contributed by atoms with Crippen LogP contribution < -0.4 is 10.1 Å². The van der Waals surface area contributed by atoms with Gasteiger partial charge in [-0.1, -0.05) is 0 Å². The number of aromatic nitrogens is 4. The third-order valence-corrected chi connectivity index (χ3v) is 2.93. The largest absolute Gasteiger partial charge is 0.474 e. The Hall–Kier alpha value is -2.48. The second-order valence-corrected chi connectivity index (χ2v) is 4.73. The van der Waals surface area contributed by atoms with E-state index in [1.165, 1.54) is 6.20 Å². The van der Waals surface area contributed by atoms with Crippen molar-refractivity contribution in [1.29, 1.82) is 0 Å². The van der Waals surface area contributed by atoms with Crippen LogP contribution in [0.4, 0.5) is 11.6 Å². The molecule has 0 unspecified atom stereocenters. The molecule has 2 heterocycles. The van der Waals surface area contributed by atoms with Crippen molar-refractivity contribution in [3.63, 3.8) is 0 Å². The molecule has 8 nitrogen and oxygen atoms in total. The molecule has 0 bridgehead atoms. The summed E-state index contributed by atoms with van der Waals surface area (Å²) in [5.74, 6) is 0.632. The number of nitrogens with zero attached hydrogens (tertiary/aromatic N) is 4. The van der Waals surface area contributed by atoms with Crippen LogP contribution in [0.2, 0.25) is 0 Å². The van der Waals surface area contributed by atoms with Gasteiger partial charge in [-0.2, -0.15) is 10.1 Å². The molecule has 0 saturated heterocycles. The molecule has 2 aromatic rings. The fourth-order valence-corrected chi connectivity index (χ4v) is 1.74. The molecule has 0 atom stereocenters. The first-order valence-electron chi connectivity index (χ1n) is 6.67. The van der Waals surface area contributed by atoms with E-state index in [0.717, 1.165) is 12.8 Å². The Labute approximate surface area is 120 Å². The molecule has 110 valence electrons. The van der Waals surface area contributed by atoms with E-state index in [2.05, 4.69) is 20.4 Å². The first kappa shape index (κ1) is 13.5. The second-order valence-electron chi connectivity index (χ2n) is 4.73. The van der Waals surface area contributed by atoms with Gasteiger partial charge in [0.2, 0.25) is 11.8 Å². The van der Waals surface area contributed by atoms with Crippen LogP contribution in [0.1, 0.15) is 23.2 Å². The summed E-state index contributed by atoms with van der Waals surface area (Å²) in [4.78, 5) is 19.2. The molecule has 1 saturated carbocycles. The minimum Gasteiger partial charge on any atom is -0.474 e. The van der Waals surface area contributed by atoms with Gasteiger partial charge in [0, 0.05) is 12.4 Å². The van der Waals surface area contributed by atoms with E-state index in [1.807, 2.05) is 0 Å². The van der Waals surface area contributed by atoms with Crippen LogP contribution in [0.5, 0.6) is 5.88 Å². The fraction of sp³-hybridized carbons (Fsp3) is 0.385. The van der Waals surface area contributed by atoms with Gasteiger partial charge in [0.25, 0.3) is 0 Å². The standard InChI is InChI=1S/C13H15N5O3/c19-4-3-18-7-10(6-15-18)16-13-14-5-9(8-20)12(17-13)21-11-1-2-11/h5-8,11,19H,1-4H2,(H,14,16,17). The van der Waals surface area contributed by atoms with E-state index in [-0.39, 0.29) is 12.7 Å². The van der Waals surface area contributed by atoms with Crippen molar-refractivity contribution >= 4 is 17.9 Å². The molecule has 0 radical (unpaired) electrons. The third kappa shape index (κ3) is 3.34. The predicted octanol–water partition coefficient (Wildman–Crippen LogP) is 0.763. The van der Waals surface area contributed by atoms with Gasteiger partial charge in [0.15, 0.2) is 6.29 Å². The Kier molecular flexibility index (Phi) is 3.78. The number of ether oxygens (including phenoxy) is 1. The Bertz CT molecular complexity index is 638. The highest BCUT2D eigenvalue weighted by molar-refractivity contribution is 5.78. The Morgan fingerprint density at radius 1 is 1.48 bits per heavy atom. The molecule has 1 aliphatic carbocycles. The molecule has 2 aromatic heterocycles. The van der Waals surface area contributed by atoms with E-state index in [0.29, 0.717) is 35.9 Å². The second kappa shape index (κ2) is 5.88. The molecular weight excluding hydrogens is 274 g/mol. The highest BCUT2D eigenvalue weighted by Gasteiger charge is 2.25. The summed E-state index contributed by atoms with van der Waals surface area (Å²) < 4.78 is 7.19. The summed E-state index contributed by atoms with van der Waals surface area (Å²) in [7, 11) is 0. The molecule has 8 heteroatoms. The van der Waals surface area contributed by atoms with Crippen LogP contribution >= 0.6 is 0 Å². The first-order valence-corrected chi connectivity index (χ1v) is 6.67. The number of rotatable bonds is 7. The van der Waals surface area contributed by atoms with Gasteiger partial charge in [-0.15, -0.1) is 0 Å². The van der Waals surface area contributed by atoms with Crippen molar-refractivity contribution in [2.75, 3.05) is 11.9 Å². The van der Waals surface area contributed by atoms with Crippen molar-refractivity contribution < 1.29 is 14.6 Å². The lowest BCUT2D eigenvalue weighted by atomic mass is 10.3. The number of aldehydes is 1. The smallest absolute Gasteiger partial charge is 0.230 e. The van der Waals surface area contributed by atoms with Crippen LogP contribution in [-0.2, 0) is 6.54 Å². The van der Waals surface area contributed by atoms with Gasteiger partial charge in [-0.05, 0) is 12.8 Å². The average molecular weight is 289 g/mol. The maximum atomic E-state index is 11.0. The third-order valence-electron chi connectivity index (χ3n) is 2.93. The van der Waals surface area contributed by atoms with E-state index in [1.54, 1.807) is 17.1 Å². The quantitative estimate of drug-likeness (QED) is 0.725. The van der Waals surface area contributed by atoms with Crippen LogP contribution in [0.25, 0.3) is 0 Å². The summed E-state index contributed by atoms with van der Waals surface area (Å²) in [5.41, 5.74) is 1.03. The number of anilines is 2. The molecule has 21 heavy (non-hydrogen) atoms. The lowest BCUT2D eigenvalue weighted by Crippen LogP contribution is -2.05. The SMILES string of the molecule is O=Cc1cnc(Nc2cnn(CCO)c2)nc1OC1CC1. The lowest BCUT2D eigenvalue weighted by Gasteiger charge is -2.08. The summed E-state index contributed by atoms with van der Waals surface area (Å²) in [6.45, 7) is 0.438. The summed E-state index contributed by atoms with van der Waals surface area (Å²) in [6, 6.07) is 0. The Balaban J connectivity index is 1.75. The van der Waals surface area contributed by atoms with Gasteiger partial charge in [-0.25, -0.2) is 4.98 Å². The molecule has 3 rings (SSSR count). The molecular formula is C13H15N5O3. The molecule has 0 spiro atoms. The van der Waals surface area contributed by atoms with Crippen molar-refractivity contribution in [1.82, 2.24) is 19.7 Å². The normalized spacial score (nSPS) is 14.0. The molecule has 1 aliphatic rings. The fourth-order valence-electron chi connectivity index (χ4n) is 1.74. The molecule has 0 aromatic carbocycles.